The van der Waals surface area contributed by atoms with Crippen LogP contribution in [-0.2, 0) is 22.4 Å². The SMILES string of the molecule is CCCOc1ccc([C@H]2C(C(=O)O)[C@@H](c3ccc4c(c3)OCO4)CN2CC(=O)Nc2c(CC)cc(F)cc2CC)c(F)c1. The summed E-state index contributed by atoms with van der Waals surface area (Å²) in [5.41, 5.74) is 2.74. The van der Waals surface area contributed by atoms with Crippen LogP contribution in [0.15, 0.2) is 48.5 Å². The summed E-state index contributed by atoms with van der Waals surface area (Å²) in [7, 11) is 0. The van der Waals surface area contributed by atoms with E-state index in [1.807, 2.05) is 20.8 Å². The van der Waals surface area contributed by atoms with Gasteiger partial charge in [-0.3, -0.25) is 14.5 Å². The van der Waals surface area contributed by atoms with E-state index in [0.29, 0.717) is 59.1 Å². The maximum Gasteiger partial charge on any atom is 0.309 e. The lowest BCUT2D eigenvalue weighted by molar-refractivity contribution is -0.143. The second-order valence-corrected chi connectivity index (χ2v) is 10.8. The second-order valence-electron chi connectivity index (χ2n) is 10.8. The van der Waals surface area contributed by atoms with Crippen LogP contribution in [0.25, 0.3) is 0 Å². The molecule has 5 rings (SSSR count). The highest BCUT2D eigenvalue weighted by Gasteiger charge is 2.49. The van der Waals surface area contributed by atoms with Gasteiger partial charge in [-0.05, 0) is 66.3 Å². The maximum absolute atomic E-state index is 15.7. The average Bonchev–Trinajstić information content (AvgIpc) is 3.61. The van der Waals surface area contributed by atoms with Crippen molar-refractivity contribution in [1.82, 2.24) is 4.90 Å². The third kappa shape index (κ3) is 6.29. The molecule has 2 aliphatic heterocycles. The molecule has 2 N–H and O–H groups in total. The summed E-state index contributed by atoms with van der Waals surface area (Å²) in [6.45, 7) is 6.16. The fraction of sp³-hybridized carbons (Fsp3) is 0.394. The molecule has 3 atom stereocenters. The molecule has 0 aromatic heterocycles. The van der Waals surface area contributed by atoms with Gasteiger partial charge in [0.2, 0.25) is 12.7 Å². The third-order valence-corrected chi connectivity index (χ3v) is 8.11. The number of rotatable bonds is 11. The topological polar surface area (TPSA) is 97.3 Å². The molecule has 10 heteroatoms. The van der Waals surface area contributed by atoms with Crippen LogP contribution in [0.2, 0.25) is 0 Å². The number of likely N-dealkylation sites (tertiary alicyclic amines) is 1. The first kappa shape index (κ1) is 30.3. The smallest absolute Gasteiger partial charge is 0.309 e. The van der Waals surface area contributed by atoms with Gasteiger partial charge in [0.05, 0.1) is 25.1 Å². The lowest BCUT2D eigenvalue weighted by Crippen LogP contribution is -2.36. The first-order valence-electron chi connectivity index (χ1n) is 14.6. The van der Waals surface area contributed by atoms with Crippen LogP contribution in [0.4, 0.5) is 14.5 Å². The van der Waals surface area contributed by atoms with Gasteiger partial charge >= 0.3 is 5.97 Å². The molecule has 8 nitrogen and oxygen atoms in total. The number of fused-ring (bicyclic) bond motifs is 1. The number of anilines is 1. The molecule has 1 unspecified atom stereocenters. The fourth-order valence-electron chi connectivity index (χ4n) is 6.11. The van der Waals surface area contributed by atoms with Crippen molar-refractivity contribution in [3.8, 4) is 17.2 Å². The molecule has 1 saturated heterocycles. The average molecular weight is 595 g/mol. The number of hydrogen-bond acceptors (Lipinski definition) is 6. The number of carbonyl (C=O) groups excluding carboxylic acids is 1. The van der Waals surface area contributed by atoms with Gasteiger partial charge < -0.3 is 24.6 Å². The maximum atomic E-state index is 15.7. The number of carboxylic acid groups (broad SMARTS) is 1. The molecule has 2 aliphatic rings. The van der Waals surface area contributed by atoms with Crippen molar-refractivity contribution in [2.75, 3.05) is 31.8 Å². The van der Waals surface area contributed by atoms with Crippen LogP contribution in [0, 0.1) is 17.6 Å². The molecular weight excluding hydrogens is 558 g/mol. The Morgan fingerprint density at radius 3 is 2.37 bits per heavy atom. The largest absolute Gasteiger partial charge is 0.494 e. The minimum atomic E-state index is -1.11. The number of carbonyl (C=O) groups is 2. The van der Waals surface area contributed by atoms with Gasteiger partial charge in [-0.2, -0.15) is 0 Å². The molecule has 0 bridgehead atoms. The molecule has 3 aromatic rings. The predicted octanol–water partition coefficient (Wildman–Crippen LogP) is 6.09. The van der Waals surface area contributed by atoms with Crippen molar-refractivity contribution in [3.63, 3.8) is 0 Å². The highest BCUT2D eigenvalue weighted by Crippen LogP contribution is 2.48. The van der Waals surface area contributed by atoms with E-state index in [1.165, 1.54) is 24.3 Å². The van der Waals surface area contributed by atoms with Crippen molar-refractivity contribution in [3.05, 3.63) is 82.4 Å². The van der Waals surface area contributed by atoms with Gasteiger partial charge in [0.25, 0.3) is 0 Å². The zero-order chi connectivity index (χ0) is 30.7. The van der Waals surface area contributed by atoms with E-state index < -0.39 is 35.6 Å². The van der Waals surface area contributed by atoms with Gasteiger partial charge in [0.15, 0.2) is 11.5 Å². The zero-order valence-electron chi connectivity index (χ0n) is 24.5. The van der Waals surface area contributed by atoms with E-state index in [9.17, 15) is 19.1 Å². The Morgan fingerprint density at radius 1 is 1.00 bits per heavy atom. The number of nitrogens with zero attached hydrogens (tertiary/aromatic N) is 1. The number of hydrogen-bond donors (Lipinski definition) is 2. The van der Waals surface area contributed by atoms with E-state index in [4.69, 9.17) is 14.2 Å². The first-order chi connectivity index (χ1) is 20.7. The summed E-state index contributed by atoms with van der Waals surface area (Å²) in [4.78, 5) is 28.1. The van der Waals surface area contributed by atoms with Gasteiger partial charge in [-0.1, -0.05) is 32.9 Å². The highest BCUT2D eigenvalue weighted by atomic mass is 19.1. The van der Waals surface area contributed by atoms with Crippen molar-refractivity contribution in [2.45, 2.75) is 52.0 Å². The summed E-state index contributed by atoms with van der Waals surface area (Å²) in [5, 5.41) is 13.5. The molecule has 228 valence electrons. The van der Waals surface area contributed by atoms with Crippen molar-refractivity contribution < 1.29 is 37.7 Å². The minimum Gasteiger partial charge on any atom is -0.494 e. The normalized spacial score (nSPS) is 19.4. The Morgan fingerprint density at radius 2 is 1.72 bits per heavy atom. The van der Waals surface area contributed by atoms with Crippen LogP contribution < -0.4 is 19.5 Å². The van der Waals surface area contributed by atoms with Gasteiger partial charge in [-0.25, -0.2) is 8.78 Å². The minimum absolute atomic E-state index is 0.0707. The number of nitrogens with one attached hydrogen (secondary N) is 1. The molecule has 0 spiro atoms. The number of carboxylic acids is 1. The predicted molar refractivity (Wildman–Crippen MR) is 157 cm³/mol. The molecule has 1 amide bonds. The zero-order valence-corrected chi connectivity index (χ0v) is 24.5. The Kier molecular flexibility index (Phi) is 9.15. The standard InChI is InChI=1S/C33H36F2N2O6/c1-4-11-41-23-8-9-24(26(35)15-23)32-30(33(39)40)25(21-7-10-27-28(14-21)43-18-42-27)16-37(32)17-29(38)36-31-19(5-2)12-22(34)13-20(31)6-3/h7-10,12-15,25,30,32H,4-6,11,16-18H2,1-3H3,(H,36,38)(H,39,40)/t25-,30?,32+/m1/s1. The molecule has 0 radical (unpaired) electrons. The second kappa shape index (κ2) is 13.0. The van der Waals surface area contributed by atoms with Gasteiger partial charge in [-0.15, -0.1) is 0 Å². The number of aliphatic carboxylic acids is 1. The fourth-order valence-corrected chi connectivity index (χ4v) is 6.11. The lowest BCUT2D eigenvalue weighted by Gasteiger charge is -2.27. The van der Waals surface area contributed by atoms with Crippen molar-refractivity contribution in [1.29, 1.82) is 0 Å². The summed E-state index contributed by atoms with van der Waals surface area (Å²) in [6.07, 6.45) is 1.77. The van der Waals surface area contributed by atoms with Crippen LogP contribution in [0.3, 0.4) is 0 Å². The van der Waals surface area contributed by atoms with Crippen LogP contribution in [0.1, 0.15) is 61.4 Å². The molecule has 0 saturated carbocycles. The highest BCUT2D eigenvalue weighted by molar-refractivity contribution is 5.94. The number of ether oxygens (including phenoxy) is 3. The monoisotopic (exact) mass is 594 g/mol. The summed E-state index contributed by atoms with van der Waals surface area (Å²) in [5.74, 6) is -2.73. The third-order valence-electron chi connectivity index (χ3n) is 8.11. The molecule has 1 fully saturated rings. The van der Waals surface area contributed by atoms with E-state index in [2.05, 4.69) is 5.32 Å². The Labute approximate surface area is 249 Å². The van der Waals surface area contributed by atoms with Crippen LogP contribution in [-0.4, -0.2) is 48.4 Å². The van der Waals surface area contributed by atoms with Gasteiger partial charge in [0, 0.05) is 29.8 Å². The van der Waals surface area contributed by atoms with E-state index in [1.54, 1.807) is 29.2 Å². The Balaban J connectivity index is 1.51. The molecule has 2 heterocycles. The van der Waals surface area contributed by atoms with E-state index >= 15 is 4.39 Å². The number of aryl methyl sites for hydroxylation is 2. The molecule has 43 heavy (non-hydrogen) atoms. The first-order valence-corrected chi connectivity index (χ1v) is 14.6. The Bertz CT molecular complexity index is 1490. The summed E-state index contributed by atoms with van der Waals surface area (Å²) < 4.78 is 46.4. The molecular formula is C33H36F2N2O6. The molecule has 3 aromatic carbocycles. The number of benzene rings is 3. The van der Waals surface area contributed by atoms with Crippen LogP contribution >= 0.6 is 0 Å². The van der Waals surface area contributed by atoms with Gasteiger partial charge in [0.1, 0.15) is 17.4 Å². The lowest BCUT2D eigenvalue weighted by atomic mass is 9.82. The number of halogens is 2. The van der Waals surface area contributed by atoms with Crippen molar-refractivity contribution >= 4 is 17.6 Å². The van der Waals surface area contributed by atoms with E-state index in [0.717, 1.165) is 6.42 Å². The summed E-state index contributed by atoms with van der Waals surface area (Å²) >= 11 is 0. The Hall–Kier alpha value is -4.18. The van der Waals surface area contributed by atoms with Crippen LogP contribution in [0.5, 0.6) is 17.2 Å². The quantitative estimate of drug-likeness (QED) is 0.277. The van der Waals surface area contributed by atoms with Crippen molar-refractivity contribution in [2.24, 2.45) is 5.92 Å². The molecule has 0 aliphatic carbocycles. The summed E-state index contributed by atoms with van der Waals surface area (Å²) in [6, 6.07) is 11.5. The van der Waals surface area contributed by atoms with E-state index in [-0.39, 0.29) is 31.3 Å². The number of amides is 1.